The van der Waals surface area contributed by atoms with Crippen molar-refractivity contribution in [2.24, 2.45) is 0 Å². The monoisotopic (exact) mass is 326 g/mol. The van der Waals surface area contributed by atoms with Crippen molar-refractivity contribution in [1.82, 2.24) is 9.47 Å². The highest BCUT2D eigenvalue weighted by atomic mass is 16.3. The van der Waals surface area contributed by atoms with Crippen LogP contribution in [0.15, 0.2) is 18.2 Å². The Morgan fingerprint density at radius 2 is 1.96 bits per heavy atom. The summed E-state index contributed by atoms with van der Waals surface area (Å²) in [6.07, 6.45) is 7.64. The van der Waals surface area contributed by atoms with Crippen LogP contribution < -0.4 is 0 Å². The Balaban J connectivity index is 1.69. The quantitative estimate of drug-likeness (QED) is 0.922. The lowest BCUT2D eigenvalue weighted by atomic mass is 9.82. The molecule has 130 valence electrons. The molecule has 0 spiro atoms. The van der Waals surface area contributed by atoms with Gasteiger partial charge in [-0.1, -0.05) is 30.9 Å². The van der Waals surface area contributed by atoms with Crippen molar-refractivity contribution < 1.29 is 5.11 Å². The summed E-state index contributed by atoms with van der Waals surface area (Å²) in [6, 6.07) is 6.86. The molecule has 1 fully saturated rings. The molecule has 2 aromatic rings. The number of nitrogens with zero attached hydrogens (tertiary/aromatic N) is 2. The summed E-state index contributed by atoms with van der Waals surface area (Å²) in [4.78, 5) is 2.42. The van der Waals surface area contributed by atoms with Crippen LogP contribution >= 0.6 is 0 Å². The second kappa shape index (κ2) is 6.20. The van der Waals surface area contributed by atoms with Crippen LogP contribution in [-0.2, 0) is 19.5 Å². The van der Waals surface area contributed by atoms with Crippen LogP contribution in [0.3, 0.4) is 0 Å². The van der Waals surface area contributed by atoms with E-state index >= 15 is 0 Å². The molecule has 3 nitrogen and oxygen atoms in total. The van der Waals surface area contributed by atoms with Gasteiger partial charge in [0.1, 0.15) is 0 Å². The lowest BCUT2D eigenvalue weighted by Gasteiger charge is -2.33. The SMILES string of the molecule is Cc1ccc2c(c1)c1c(n2CCC2(O)CCCCC2)CCN(C)C1. The Bertz CT molecular complexity index is 740. The van der Waals surface area contributed by atoms with Crippen molar-refractivity contribution in [3.05, 3.63) is 35.0 Å². The van der Waals surface area contributed by atoms with E-state index in [4.69, 9.17) is 0 Å². The Morgan fingerprint density at radius 1 is 1.17 bits per heavy atom. The normalized spacial score (nSPS) is 21.1. The van der Waals surface area contributed by atoms with Crippen molar-refractivity contribution in [2.45, 2.75) is 70.6 Å². The number of aryl methyl sites for hydroxylation is 2. The van der Waals surface area contributed by atoms with Gasteiger partial charge in [-0.2, -0.15) is 0 Å². The van der Waals surface area contributed by atoms with Crippen LogP contribution in [0.5, 0.6) is 0 Å². The van der Waals surface area contributed by atoms with Gasteiger partial charge >= 0.3 is 0 Å². The van der Waals surface area contributed by atoms with E-state index < -0.39 is 5.60 Å². The van der Waals surface area contributed by atoms with Gasteiger partial charge in [-0.25, -0.2) is 0 Å². The summed E-state index contributed by atoms with van der Waals surface area (Å²) in [6.45, 7) is 5.31. The van der Waals surface area contributed by atoms with Crippen LogP contribution in [0.2, 0.25) is 0 Å². The smallest absolute Gasteiger partial charge is 0.0664 e. The van der Waals surface area contributed by atoms with Crippen molar-refractivity contribution >= 4 is 10.9 Å². The van der Waals surface area contributed by atoms with Gasteiger partial charge in [0.25, 0.3) is 0 Å². The minimum absolute atomic E-state index is 0.433. The predicted octanol–water partition coefficient (Wildman–Crippen LogP) is 4.02. The first kappa shape index (κ1) is 16.2. The van der Waals surface area contributed by atoms with Crippen molar-refractivity contribution in [3.63, 3.8) is 0 Å². The molecular formula is C21H30N2O. The molecule has 1 aromatic heterocycles. The topological polar surface area (TPSA) is 28.4 Å². The zero-order valence-corrected chi connectivity index (χ0v) is 15.1. The van der Waals surface area contributed by atoms with E-state index in [0.29, 0.717) is 0 Å². The fourth-order valence-corrected chi connectivity index (χ4v) is 4.73. The molecule has 1 aliphatic heterocycles. The number of fused-ring (bicyclic) bond motifs is 3. The molecule has 1 N–H and O–H groups in total. The second-order valence-corrected chi connectivity index (χ2v) is 8.12. The van der Waals surface area contributed by atoms with Gasteiger partial charge < -0.3 is 14.6 Å². The zero-order valence-electron chi connectivity index (χ0n) is 15.1. The van der Waals surface area contributed by atoms with Gasteiger partial charge in [-0.3, -0.25) is 0 Å². The lowest BCUT2D eigenvalue weighted by Crippen LogP contribution is -2.33. The van der Waals surface area contributed by atoms with Gasteiger partial charge in [0, 0.05) is 42.7 Å². The third kappa shape index (κ3) is 2.89. The van der Waals surface area contributed by atoms with E-state index in [1.807, 2.05) is 0 Å². The standard InChI is InChI=1S/C21H30N2O/c1-16-6-7-19-17(14-16)18-15-22(2)12-8-20(18)23(19)13-11-21(24)9-4-3-5-10-21/h6-7,14,24H,3-5,8-13,15H2,1-2H3. The molecule has 1 aliphatic carbocycles. The molecule has 4 rings (SSSR count). The number of hydrogen-bond acceptors (Lipinski definition) is 2. The predicted molar refractivity (Wildman–Crippen MR) is 99.4 cm³/mol. The fraction of sp³-hybridized carbons (Fsp3) is 0.619. The van der Waals surface area contributed by atoms with Crippen LogP contribution in [0, 0.1) is 6.92 Å². The summed E-state index contributed by atoms with van der Waals surface area (Å²) < 4.78 is 2.52. The van der Waals surface area contributed by atoms with Gasteiger partial charge in [0.2, 0.25) is 0 Å². The summed E-state index contributed by atoms with van der Waals surface area (Å²) in [5.41, 5.74) is 5.28. The molecular weight excluding hydrogens is 296 g/mol. The van der Waals surface area contributed by atoms with Crippen molar-refractivity contribution in [2.75, 3.05) is 13.6 Å². The highest BCUT2D eigenvalue weighted by Crippen LogP contribution is 2.35. The van der Waals surface area contributed by atoms with E-state index in [9.17, 15) is 5.11 Å². The molecule has 2 aliphatic rings. The molecule has 0 unspecified atom stereocenters. The average molecular weight is 326 g/mol. The number of aliphatic hydroxyl groups is 1. The van der Waals surface area contributed by atoms with Crippen molar-refractivity contribution in [1.29, 1.82) is 0 Å². The maximum Gasteiger partial charge on any atom is 0.0664 e. The third-order valence-corrected chi connectivity index (χ3v) is 6.19. The van der Waals surface area contributed by atoms with Gasteiger partial charge in [-0.05, 0) is 50.9 Å². The van der Waals surface area contributed by atoms with Crippen LogP contribution in [0.4, 0.5) is 0 Å². The van der Waals surface area contributed by atoms with E-state index in [2.05, 4.69) is 41.6 Å². The highest BCUT2D eigenvalue weighted by molar-refractivity contribution is 5.86. The molecule has 0 radical (unpaired) electrons. The summed E-state index contributed by atoms with van der Waals surface area (Å²) in [5, 5.41) is 12.3. The molecule has 2 heterocycles. The van der Waals surface area contributed by atoms with Crippen molar-refractivity contribution in [3.8, 4) is 0 Å². The number of benzene rings is 1. The first-order valence-corrected chi connectivity index (χ1v) is 9.57. The molecule has 0 amide bonds. The van der Waals surface area contributed by atoms with Gasteiger partial charge in [-0.15, -0.1) is 0 Å². The number of hydrogen-bond donors (Lipinski definition) is 1. The van der Waals surface area contributed by atoms with E-state index in [1.165, 1.54) is 47.0 Å². The van der Waals surface area contributed by atoms with Gasteiger partial charge in [0.15, 0.2) is 0 Å². The third-order valence-electron chi connectivity index (χ3n) is 6.19. The van der Waals surface area contributed by atoms with Gasteiger partial charge in [0.05, 0.1) is 5.60 Å². The molecule has 0 saturated heterocycles. The summed E-state index contributed by atoms with van der Waals surface area (Å²) in [5.74, 6) is 0. The second-order valence-electron chi connectivity index (χ2n) is 8.12. The lowest BCUT2D eigenvalue weighted by molar-refractivity contribution is -0.00718. The van der Waals surface area contributed by atoms with E-state index in [-0.39, 0.29) is 0 Å². The number of aromatic nitrogens is 1. The summed E-state index contributed by atoms with van der Waals surface area (Å²) >= 11 is 0. The minimum atomic E-state index is -0.433. The fourth-order valence-electron chi connectivity index (χ4n) is 4.73. The molecule has 0 atom stereocenters. The van der Waals surface area contributed by atoms with E-state index in [0.717, 1.165) is 45.3 Å². The van der Waals surface area contributed by atoms with Crippen LogP contribution in [0.25, 0.3) is 10.9 Å². The Labute approximate surface area is 145 Å². The summed E-state index contributed by atoms with van der Waals surface area (Å²) in [7, 11) is 2.21. The molecule has 1 aromatic carbocycles. The zero-order chi connectivity index (χ0) is 16.7. The first-order valence-electron chi connectivity index (χ1n) is 9.57. The molecule has 0 bridgehead atoms. The largest absolute Gasteiger partial charge is 0.390 e. The number of likely N-dealkylation sites (N-methyl/N-ethyl adjacent to an activating group) is 1. The Morgan fingerprint density at radius 3 is 2.75 bits per heavy atom. The Kier molecular flexibility index (Phi) is 4.17. The number of rotatable bonds is 3. The van der Waals surface area contributed by atoms with Crippen LogP contribution in [0.1, 0.15) is 55.3 Å². The first-order chi connectivity index (χ1) is 11.6. The molecule has 24 heavy (non-hydrogen) atoms. The van der Waals surface area contributed by atoms with E-state index in [1.54, 1.807) is 0 Å². The Hall–Kier alpha value is -1.32. The molecule has 1 saturated carbocycles. The highest BCUT2D eigenvalue weighted by Gasteiger charge is 2.30. The maximum atomic E-state index is 10.9. The minimum Gasteiger partial charge on any atom is -0.390 e. The van der Waals surface area contributed by atoms with Crippen LogP contribution in [-0.4, -0.2) is 33.8 Å². The molecule has 3 heteroatoms. The maximum absolute atomic E-state index is 10.9. The average Bonchev–Trinajstić information content (AvgIpc) is 2.86.